The number of aromatic amines is 2. The van der Waals surface area contributed by atoms with Crippen LogP contribution < -0.4 is 21.6 Å². The summed E-state index contributed by atoms with van der Waals surface area (Å²) >= 11 is 1.20. The van der Waals surface area contributed by atoms with E-state index in [0.29, 0.717) is 75.2 Å². The summed E-state index contributed by atoms with van der Waals surface area (Å²) in [5.41, 5.74) is 11.4. The predicted molar refractivity (Wildman–Crippen MR) is 226 cm³/mol. The van der Waals surface area contributed by atoms with Crippen LogP contribution in [0, 0.1) is 0 Å². The Morgan fingerprint density at radius 2 is 1.57 bits per heavy atom. The van der Waals surface area contributed by atoms with E-state index >= 15 is 0 Å². The summed E-state index contributed by atoms with van der Waals surface area (Å²) in [6.07, 6.45) is -0.860. The van der Waals surface area contributed by atoms with Gasteiger partial charge in [0.1, 0.15) is 21.4 Å². The first-order valence-electron chi connectivity index (χ1n) is 18.9. The number of hydrogen-bond donors (Lipinski definition) is 4. The first-order chi connectivity index (χ1) is 27.9. The minimum atomic E-state index is -3.00. The Morgan fingerprint density at radius 1 is 0.914 bits per heavy atom. The van der Waals surface area contributed by atoms with Gasteiger partial charge in [-0.1, -0.05) is 62.4 Å². The highest BCUT2D eigenvalue weighted by Gasteiger charge is 2.26. The molecule has 8 rings (SSSR count). The number of ether oxygens (including phenoxy) is 1. The maximum atomic E-state index is 14.0. The number of rotatable bonds is 12. The second-order valence-electron chi connectivity index (χ2n) is 14.9. The molecule has 0 amide bonds. The Labute approximate surface area is 335 Å². The number of methoxy groups -OCH3 is 1. The standard InChI is InChI=1S/C43H42F2N8O4S/c1-21(18-46)23-6-12-26(13-7-23)30-32-33(49-41(55)37-35(32)47-20-53(37)4)28(48-43(30)57-5)14-16-52(3)19-22(2)24-8-10-25(11-9-24)29-31-27-15-17-58-38(27)42(56)50-34(31)36(39(44)45)51-40(29)54/h6-13,15,17,20-22,39H,14,16,18-19,46H2,1-5H3,(H,49,55)(H,50,56)(H,51,54). The van der Waals surface area contributed by atoms with Gasteiger partial charge in [0, 0.05) is 42.7 Å². The van der Waals surface area contributed by atoms with Gasteiger partial charge in [-0.2, -0.15) is 0 Å². The number of hydrogen-bond acceptors (Lipinski definition) is 10. The smallest absolute Gasteiger partial charge is 0.282 e. The van der Waals surface area contributed by atoms with Crippen LogP contribution in [0.15, 0.2) is 75.9 Å². The number of likely N-dealkylation sites (N-methyl/N-ethyl adjacent to an activating group) is 1. The zero-order valence-electron chi connectivity index (χ0n) is 32.6. The van der Waals surface area contributed by atoms with Crippen LogP contribution in [0.25, 0.3) is 65.2 Å². The van der Waals surface area contributed by atoms with Crippen LogP contribution in [-0.4, -0.2) is 73.3 Å². The molecule has 5 N–H and O–H groups in total. The molecule has 0 aliphatic rings. The number of H-pyrrole nitrogens is 2. The average Bonchev–Trinajstić information content (AvgIpc) is 3.88. The van der Waals surface area contributed by atoms with Crippen LogP contribution in [-0.2, 0) is 13.5 Å². The lowest BCUT2D eigenvalue weighted by atomic mass is 9.94. The third kappa shape index (κ3) is 6.68. The van der Waals surface area contributed by atoms with Crippen LogP contribution in [0.1, 0.15) is 54.6 Å². The van der Waals surface area contributed by atoms with E-state index in [9.17, 15) is 23.5 Å². The summed E-state index contributed by atoms with van der Waals surface area (Å²) in [5.74, 6) is 0.170. The van der Waals surface area contributed by atoms with Gasteiger partial charge in [0.15, 0.2) is 0 Å². The molecule has 2 unspecified atom stereocenters. The van der Waals surface area contributed by atoms with Gasteiger partial charge in [-0.25, -0.2) is 23.7 Å². The zero-order valence-corrected chi connectivity index (χ0v) is 33.4. The SMILES string of the molecule is COc1nc(CCN(C)CC(C)c2ccc(-c3c(O)nc(C(F)F)c4[nH]c(=O)c5sccc5c34)cc2)c2[nH]c(=O)c3c(ncn3C)c2c1-c1ccc(C(C)CN)cc1. The maximum Gasteiger partial charge on any atom is 0.282 e. The highest BCUT2D eigenvalue weighted by molar-refractivity contribution is 7.17. The molecule has 6 heterocycles. The highest BCUT2D eigenvalue weighted by atomic mass is 32.1. The van der Waals surface area contributed by atoms with Crippen LogP contribution in [0.2, 0.25) is 0 Å². The highest BCUT2D eigenvalue weighted by Crippen LogP contribution is 2.43. The fraction of sp³-hybridized carbons (Fsp3) is 0.279. The number of aryl methyl sites for hydroxylation is 1. The number of alkyl halides is 2. The van der Waals surface area contributed by atoms with E-state index in [4.69, 9.17) is 15.5 Å². The third-order valence-electron chi connectivity index (χ3n) is 11.1. The number of aromatic nitrogens is 6. The van der Waals surface area contributed by atoms with Crippen molar-refractivity contribution in [2.24, 2.45) is 12.8 Å². The quantitative estimate of drug-likeness (QED) is 0.0973. The summed E-state index contributed by atoms with van der Waals surface area (Å²) in [6.45, 7) is 6.01. The molecule has 0 spiro atoms. The Hall–Kier alpha value is -6.03. The molecule has 0 bridgehead atoms. The number of nitrogens with zero attached hydrogens (tertiary/aromatic N) is 5. The van der Waals surface area contributed by atoms with E-state index in [0.717, 1.165) is 27.6 Å². The average molecular weight is 805 g/mol. The minimum Gasteiger partial charge on any atom is -0.493 e. The molecule has 58 heavy (non-hydrogen) atoms. The predicted octanol–water partition coefficient (Wildman–Crippen LogP) is 7.59. The van der Waals surface area contributed by atoms with Crippen LogP contribution in [0.3, 0.4) is 0 Å². The van der Waals surface area contributed by atoms with Gasteiger partial charge in [-0.15, -0.1) is 11.3 Å². The summed E-state index contributed by atoms with van der Waals surface area (Å²) in [6, 6.07) is 17.4. The second kappa shape index (κ2) is 15.4. The van der Waals surface area contributed by atoms with Crippen molar-refractivity contribution in [2.75, 3.05) is 33.8 Å². The molecule has 8 aromatic rings. The van der Waals surface area contributed by atoms with Crippen molar-refractivity contribution in [1.82, 2.24) is 34.4 Å². The first-order valence-corrected chi connectivity index (χ1v) is 19.7. The molecule has 15 heteroatoms. The van der Waals surface area contributed by atoms with Crippen molar-refractivity contribution in [3.05, 3.63) is 110 Å². The first kappa shape index (κ1) is 38.8. The number of nitrogens with two attached hydrogens (primary N) is 1. The summed E-state index contributed by atoms with van der Waals surface area (Å²) in [4.78, 5) is 47.6. The van der Waals surface area contributed by atoms with Crippen LogP contribution >= 0.6 is 11.3 Å². The van der Waals surface area contributed by atoms with Gasteiger partial charge in [0.2, 0.25) is 11.8 Å². The molecule has 0 aliphatic carbocycles. The molecule has 298 valence electrons. The molecule has 0 radical (unpaired) electrons. The van der Waals surface area contributed by atoms with E-state index in [1.54, 1.807) is 36.5 Å². The lowest BCUT2D eigenvalue weighted by Gasteiger charge is -2.22. The van der Waals surface area contributed by atoms with E-state index in [2.05, 4.69) is 50.8 Å². The van der Waals surface area contributed by atoms with E-state index in [-0.39, 0.29) is 28.5 Å². The number of aromatic hydroxyl groups is 1. The third-order valence-corrected chi connectivity index (χ3v) is 12.0. The zero-order chi connectivity index (χ0) is 41.0. The van der Waals surface area contributed by atoms with Crippen molar-refractivity contribution < 1.29 is 18.6 Å². The maximum absolute atomic E-state index is 14.0. The molecule has 2 aromatic carbocycles. The molecule has 0 saturated heterocycles. The van der Waals surface area contributed by atoms with Gasteiger partial charge in [-0.3, -0.25) is 9.59 Å². The summed E-state index contributed by atoms with van der Waals surface area (Å²) < 4.78 is 36.1. The minimum absolute atomic E-state index is 0.0724. The molecular formula is C43H42F2N8O4S. The molecule has 2 atom stereocenters. The van der Waals surface area contributed by atoms with E-state index < -0.39 is 23.6 Å². The number of thiophene rings is 1. The van der Waals surface area contributed by atoms with Gasteiger partial charge in [0.25, 0.3) is 17.5 Å². The van der Waals surface area contributed by atoms with Crippen molar-refractivity contribution in [2.45, 2.75) is 38.5 Å². The Bertz CT molecular complexity index is 2960. The number of imidazole rings is 1. The van der Waals surface area contributed by atoms with Gasteiger partial charge in [0.05, 0.1) is 41.3 Å². The van der Waals surface area contributed by atoms with Crippen molar-refractivity contribution in [1.29, 1.82) is 0 Å². The molecule has 12 nitrogen and oxygen atoms in total. The number of benzene rings is 2. The van der Waals surface area contributed by atoms with Crippen LogP contribution in [0.4, 0.5) is 8.78 Å². The largest absolute Gasteiger partial charge is 0.493 e. The van der Waals surface area contributed by atoms with Crippen molar-refractivity contribution in [3.63, 3.8) is 0 Å². The Kier molecular flexibility index (Phi) is 10.3. The lowest BCUT2D eigenvalue weighted by Crippen LogP contribution is -2.26. The fourth-order valence-electron chi connectivity index (χ4n) is 7.96. The molecule has 6 aromatic heterocycles. The van der Waals surface area contributed by atoms with Gasteiger partial charge < -0.3 is 35.0 Å². The molecular weight excluding hydrogens is 763 g/mol. The lowest BCUT2D eigenvalue weighted by molar-refractivity contribution is 0.147. The fourth-order valence-corrected chi connectivity index (χ4v) is 8.75. The molecule has 0 aliphatic heterocycles. The Morgan fingerprint density at radius 3 is 2.22 bits per heavy atom. The van der Waals surface area contributed by atoms with Gasteiger partial charge >= 0.3 is 0 Å². The number of fused-ring (bicyclic) bond motifs is 6. The summed E-state index contributed by atoms with van der Waals surface area (Å²) in [5, 5.41) is 14.3. The molecule has 0 fully saturated rings. The van der Waals surface area contributed by atoms with E-state index in [1.165, 1.54) is 11.3 Å². The summed E-state index contributed by atoms with van der Waals surface area (Å²) in [7, 11) is 5.41. The van der Waals surface area contributed by atoms with E-state index in [1.807, 2.05) is 43.4 Å². The van der Waals surface area contributed by atoms with Crippen molar-refractivity contribution in [3.8, 4) is 34.0 Å². The Balaban J connectivity index is 1.08. The molecule has 0 saturated carbocycles. The van der Waals surface area contributed by atoms with Crippen LogP contribution in [0.5, 0.6) is 11.8 Å². The number of nitrogens with one attached hydrogen (secondary N) is 2. The van der Waals surface area contributed by atoms with Gasteiger partial charge in [-0.05, 0) is 59.1 Å². The normalized spacial score (nSPS) is 13.1. The monoisotopic (exact) mass is 804 g/mol. The van der Waals surface area contributed by atoms with Crippen molar-refractivity contribution >= 4 is 54.3 Å². The topological polar surface area (TPSA) is 168 Å². The second-order valence-corrected chi connectivity index (χ2v) is 15.8. The number of pyridine rings is 4. The number of halogens is 2.